The first-order valence-corrected chi connectivity index (χ1v) is 6.07. The summed E-state index contributed by atoms with van der Waals surface area (Å²) in [4.78, 5) is 13.8. The monoisotopic (exact) mass is 226 g/mol. The Morgan fingerprint density at radius 1 is 1.29 bits per heavy atom. The molecule has 1 saturated carbocycles. The molecular formula is C14H14N2O. The van der Waals surface area contributed by atoms with Crippen molar-refractivity contribution >= 4 is 5.91 Å². The lowest BCUT2D eigenvalue weighted by atomic mass is 9.86. The number of benzene rings is 1. The zero-order valence-electron chi connectivity index (χ0n) is 9.60. The van der Waals surface area contributed by atoms with Gasteiger partial charge >= 0.3 is 0 Å². The van der Waals surface area contributed by atoms with E-state index >= 15 is 0 Å². The van der Waals surface area contributed by atoms with Gasteiger partial charge in [0.15, 0.2) is 0 Å². The van der Waals surface area contributed by atoms with E-state index in [-0.39, 0.29) is 0 Å². The van der Waals surface area contributed by atoms with Crippen molar-refractivity contribution in [3.05, 3.63) is 35.4 Å². The Morgan fingerprint density at radius 3 is 2.53 bits per heavy atom. The average molecular weight is 226 g/mol. The first kappa shape index (κ1) is 10.3. The molecule has 17 heavy (non-hydrogen) atoms. The molecule has 86 valence electrons. The van der Waals surface area contributed by atoms with Crippen LogP contribution in [0.1, 0.15) is 24.0 Å². The van der Waals surface area contributed by atoms with E-state index in [1.54, 1.807) is 0 Å². The first-order chi connectivity index (χ1) is 8.28. The summed E-state index contributed by atoms with van der Waals surface area (Å²) in [5.41, 5.74) is 1.88. The number of rotatable bonds is 3. The molecule has 3 heteroatoms. The van der Waals surface area contributed by atoms with Crippen LogP contribution in [0.5, 0.6) is 0 Å². The van der Waals surface area contributed by atoms with Crippen molar-refractivity contribution in [1.82, 2.24) is 4.90 Å². The van der Waals surface area contributed by atoms with Crippen LogP contribution in [0, 0.1) is 17.2 Å². The molecule has 0 N–H and O–H groups in total. The van der Waals surface area contributed by atoms with E-state index in [0.29, 0.717) is 23.4 Å². The number of carbonyl (C=O) groups is 1. The Bertz CT molecular complexity index is 480. The van der Waals surface area contributed by atoms with Crippen molar-refractivity contribution < 1.29 is 4.79 Å². The molecule has 3 nitrogen and oxygen atoms in total. The van der Waals surface area contributed by atoms with Crippen LogP contribution in [0.25, 0.3) is 0 Å². The van der Waals surface area contributed by atoms with Crippen LogP contribution < -0.4 is 0 Å². The van der Waals surface area contributed by atoms with Crippen LogP contribution in [0.3, 0.4) is 0 Å². The number of nitriles is 1. The lowest BCUT2D eigenvalue weighted by Crippen LogP contribution is -2.31. The number of fused-ring (bicyclic) bond motifs is 1. The molecule has 2 heterocycles. The van der Waals surface area contributed by atoms with Crippen molar-refractivity contribution in [3.63, 3.8) is 0 Å². The molecule has 0 aromatic heterocycles. The van der Waals surface area contributed by atoms with Crippen molar-refractivity contribution in [2.45, 2.75) is 25.3 Å². The smallest absolute Gasteiger partial charge is 0.226 e. The van der Waals surface area contributed by atoms with Gasteiger partial charge < -0.3 is 4.90 Å². The highest BCUT2D eigenvalue weighted by atomic mass is 16.2. The predicted molar refractivity (Wildman–Crippen MR) is 63.1 cm³/mol. The molecule has 1 amide bonds. The number of carbonyl (C=O) groups excluding carboxylic acids is 1. The van der Waals surface area contributed by atoms with Crippen molar-refractivity contribution in [3.8, 4) is 6.07 Å². The second-order valence-electron chi connectivity index (χ2n) is 4.91. The summed E-state index contributed by atoms with van der Waals surface area (Å²) in [5.74, 6) is 0.685. The predicted octanol–water partition coefficient (Wildman–Crippen LogP) is 1.72. The van der Waals surface area contributed by atoms with Gasteiger partial charge in [-0.3, -0.25) is 4.79 Å². The highest BCUT2D eigenvalue weighted by molar-refractivity contribution is 5.84. The third-order valence-corrected chi connectivity index (χ3v) is 3.91. The molecule has 1 aliphatic carbocycles. The van der Waals surface area contributed by atoms with Crippen molar-refractivity contribution in [2.24, 2.45) is 5.92 Å². The summed E-state index contributed by atoms with van der Waals surface area (Å²) in [7, 11) is 0. The van der Waals surface area contributed by atoms with E-state index in [4.69, 9.17) is 5.26 Å². The maximum Gasteiger partial charge on any atom is 0.226 e. The Labute approximate surface area is 101 Å². The van der Waals surface area contributed by atoms with E-state index in [2.05, 4.69) is 6.07 Å². The molecule has 0 spiro atoms. The Balaban J connectivity index is 1.61. The van der Waals surface area contributed by atoms with Crippen LogP contribution in [0.4, 0.5) is 0 Å². The lowest BCUT2D eigenvalue weighted by molar-refractivity contribution is -0.128. The second kappa shape index (κ2) is 3.89. The second-order valence-corrected chi connectivity index (χ2v) is 4.91. The highest BCUT2D eigenvalue weighted by Gasteiger charge is 2.49. The molecule has 3 fully saturated rings. The van der Waals surface area contributed by atoms with Gasteiger partial charge in [0, 0.05) is 18.5 Å². The Hall–Kier alpha value is -1.82. The van der Waals surface area contributed by atoms with Crippen LogP contribution in [0.15, 0.2) is 24.3 Å². The van der Waals surface area contributed by atoms with Gasteiger partial charge in [0.2, 0.25) is 5.91 Å². The number of nitrogens with zero attached hydrogens (tertiary/aromatic N) is 2. The van der Waals surface area contributed by atoms with Gasteiger partial charge in [0.25, 0.3) is 0 Å². The third-order valence-electron chi connectivity index (χ3n) is 3.91. The maximum absolute atomic E-state index is 11.8. The van der Waals surface area contributed by atoms with E-state index in [1.807, 2.05) is 29.2 Å². The summed E-state index contributed by atoms with van der Waals surface area (Å²) in [6.45, 7) is 0.825. The lowest BCUT2D eigenvalue weighted by Gasteiger charge is -2.24. The number of hydrogen-bond acceptors (Lipinski definition) is 2. The number of amides is 1. The van der Waals surface area contributed by atoms with Crippen molar-refractivity contribution in [1.29, 1.82) is 5.26 Å². The van der Waals surface area contributed by atoms with Gasteiger partial charge in [0.05, 0.1) is 11.6 Å². The van der Waals surface area contributed by atoms with Gasteiger partial charge in [-0.25, -0.2) is 0 Å². The van der Waals surface area contributed by atoms with Crippen molar-refractivity contribution in [2.75, 3.05) is 6.54 Å². The van der Waals surface area contributed by atoms with Gasteiger partial charge in [-0.05, 0) is 37.0 Å². The maximum atomic E-state index is 11.8. The summed E-state index contributed by atoms with van der Waals surface area (Å²) in [6, 6.07) is 10.2. The summed E-state index contributed by atoms with van der Waals surface area (Å²) in [5, 5.41) is 8.70. The first-order valence-electron chi connectivity index (χ1n) is 6.07. The third kappa shape index (κ3) is 1.70. The quantitative estimate of drug-likeness (QED) is 0.787. The molecule has 0 radical (unpaired) electrons. The average Bonchev–Trinajstić information content (AvgIpc) is 2.77. The summed E-state index contributed by atoms with van der Waals surface area (Å²) < 4.78 is 0. The van der Waals surface area contributed by atoms with Gasteiger partial charge in [-0.1, -0.05) is 12.1 Å². The fourth-order valence-electron chi connectivity index (χ4n) is 2.75. The fraction of sp³-hybridized carbons (Fsp3) is 0.429. The molecule has 3 aliphatic rings. The minimum Gasteiger partial charge on any atom is -0.339 e. The molecule has 1 aromatic carbocycles. The van der Waals surface area contributed by atoms with Crippen LogP contribution in [-0.4, -0.2) is 23.4 Å². The van der Waals surface area contributed by atoms with Crippen LogP contribution in [-0.2, 0) is 11.2 Å². The van der Waals surface area contributed by atoms with E-state index in [1.165, 1.54) is 5.56 Å². The molecule has 0 atom stereocenters. The highest BCUT2D eigenvalue weighted by Crippen LogP contribution is 2.41. The molecule has 0 unspecified atom stereocenters. The summed E-state index contributed by atoms with van der Waals surface area (Å²) in [6.07, 6.45) is 3.04. The Morgan fingerprint density at radius 2 is 2.00 bits per heavy atom. The van der Waals surface area contributed by atoms with Crippen LogP contribution in [0.2, 0.25) is 0 Å². The van der Waals surface area contributed by atoms with Crippen LogP contribution >= 0.6 is 0 Å². The fourth-order valence-corrected chi connectivity index (χ4v) is 2.75. The zero-order valence-corrected chi connectivity index (χ0v) is 9.60. The molecular weight excluding hydrogens is 212 g/mol. The topological polar surface area (TPSA) is 44.1 Å². The van der Waals surface area contributed by atoms with E-state index in [9.17, 15) is 4.79 Å². The molecule has 2 bridgehead atoms. The van der Waals surface area contributed by atoms with Gasteiger partial charge in [0.1, 0.15) is 0 Å². The molecule has 4 rings (SSSR count). The summed E-state index contributed by atoms with van der Waals surface area (Å²) >= 11 is 0. The minimum atomic E-state index is 0.334. The Kier molecular flexibility index (Phi) is 2.36. The van der Waals surface area contributed by atoms with Gasteiger partial charge in [-0.15, -0.1) is 0 Å². The normalized spacial score (nSPS) is 25.6. The zero-order chi connectivity index (χ0) is 11.8. The largest absolute Gasteiger partial charge is 0.339 e. The molecule has 2 aliphatic heterocycles. The van der Waals surface area contributed by atoms with E-state index in [0.717, 1.165) is 25.8 Å². The molecule has 2 saturated heterocycles. The van der Waals surface area contributed by atoms with E-state index < -0.39 is 0 Å². The SMILES string of the molecule is N#Cc1ccc(CCN2C(=O)C3CC2C3)cc1. The minimum absolute atomic E-state index is 0.334. The molecule has 1 aromatic rings. The number of hydrogen-bond donors (Lipinski definition) is 0. The standard InChI is InChI=1S/C14H14N2O/c15-9-11-3-1-10(2-4-11)5-6-16-13-7-12(8-13)14(16)17/h1-4,12-13H,5-8H2. The van der Waals surface area contributed by atoms with Gasteiger partial charge in [-0.2, -0.15) is 5.26 Å².